The molecule has 0 bridgehead atoms. The zero-order valence-electron chi connectivity index (χ0n) is 9.92. The van der Waals surface area contributed by atoms with Crippen LogP contribution in [0.3, 0.4) is 0 Å². The van der Waals surface area contributed by atoms with Gasteiger partial charge in [0.1, 0.15) is 0 Å². The van der Waals surface area contributed by atoms with Gasteiger partial charge in [-0.2, -0.15) is 0 Å². The minimum Gasteiger partial charge on any atom is -0.364 e. The molecule has 1 nitrogen and oxygen atoms in total. The molecule has 2 heteroatoms. The SMILES string of the molecule is B.c1ccc([C@H]2CCCN2c2ccccc2)cc1. The first kappa shape index (κ1) is 12.8. The lowest BCUT2D eigenvalue weighted by Crippen LogP contribution is -2.22. The van der Waals surface area contributed by atoms with Crippen LogP contribution in [0.4, 0.5) is 5.69 Å². The van der Waals surface area contributed by atoms with Crippen molar-refractivity contribution in [2.75, 3.05) is 11.4 Å². The van der Waals surface area contributed by atoms with Crippen LogP contribution in [0.15, 0.2) is 60.7 Å². The Labute approximate surface area is 111 Å². The van der Waals surface area contributed by atoms with Gasteiger partial charge >= 0.3 is 0 Å². The van der Waals surface area contributed by atoms with Crippen LogP contribution in [0.2, 0.25) is 0 Å². The van der Waals surface area contributed by atoms with E-state index in [9.17, 15) is 0 Å². The first-order valence-corrected chi connectivity index (χ1v) is 6.32. The summed E-state index contributed by atoms with van der Waals surface area (Å²) in [7, 11) is 0. The van der Waals surface area contributed by atoms with Crippen LogP contribution >= 0.6 is 0 Å². The number of nitrogens with zero attached hydrogens (tertiary/aromatic N) is 1. The lowest BCUT2D eigenvalue weighted by Gasteiger charge is -2.27. The van der Waals surface area contributed by atoms with Crippen LogP contribution in [0.1, 0.15) is 24.4 Å². The van der Waals surface area contributed by atoms with Crippen LogP contribution in [0, 0.1) is 0 Å². The number of anilines is 1. The fourth-order valence-electron chi connectivity index (χ4n) is 2.72. The van der Waals surface area contributed by atoms with E-state index in [1.54, 1.807) is 0 Å². The Hall–Kier alpha value is -1.70. The predicted octanol–water partition coefficient (Wildman–Crippen LogP) is 2.84. The number of hydrogen-bond acceptors (Lipinski definition) is 1. The Morgan fingerprint density at radius 3 is 2.11 bits per heavy atom. The smallest absolute Gasteiger partial charge is 0.0814 e. The molecule has 1 aliphatic rings. The maximum atomic E-state index is 2.52. The fraction of sp³-hybridized carbons (Fsp3) is 0.250. The first-order chi connectivity index (χ1) is 8.45. The summed E-state index contributed by atoms with van der Waals surface area (Å²) in [6.45, 7) is 1.17. The maximum Gasteiger partial charge on any atom is 0.0814 e. The molecule has 1 heterocycles. The highest BCUT2D eigenvalue weighted by molar-refractivity contribution is 5.75. The lowest BCUT2D eigenvalue weighted by atomic mass is 10.0. The van der Waals surface area contributed by atoms with Gasteiger partial charge < -0.3 is 4.90 Å². The summed E-state index contributed by atoms with van der Waals surface area (Å²) in [5.41, 5.74) is 2.78. The number of hydrogen-bond donors (Lipinski definition) is 0. The van der Waals surface area contributed by atoms with Gasteiger partial charge in [-0.25, -0.2) is 0 Å². The van der Waals surface area contributed by atoms with Crippen LogP contribution in [0.25, 0.3) is 0 Å². The Morgan fingerprint density at radius 1 is 0.833 bits per heavy atom. The highest BCUT2D eigenvalue weighted by Gasteiger charge is 2.25. The van der Waals surface area contributed by atoms with Crippen molar-refractivity contribution >= 4 is 14.1 Å². The quantitative estimate of drug-likeness (QED) is 0.726. The molecular weight excluding hydrogens is 217 g/mol. The van der Waals surface area contributed by atoms with Gasteiger partial charge in [0.15, 0.2) is 0 Å². The van der Waals surface area contributed by atoms with Gasteiger partial charge in [-0.05, 0) is 30.5 Å². The van der Waals surface area contributed by atoms with Crippen molar-refractivity contribution in [2.45, 2.75) is 18.9 Å². The van der Waals surface area contributed by atoms with Crippen molar-refractivity contribution in [1.29, 1.82) is 0 Å². The Kier molecular flexibility index (Phi) is 4.09. The average molecular weight is 237 g/mol. The largest absolute Gasteiger partial charge is 0.364 e. The molecule has 0 radical (unpaired) electrons. The highest BCUT2D eigenvalue weighted by atomic mass is 15.2. The monoisotopic (exact) mass is 237 g/mol. The molecule has 0 spiro atoms. The van der Waals surface area contributed by atoms with Crippen LogP contribution < -0.4 is 4.90 Å². The van der Waals surface area contributed by atoms with Crippen molar-refractivity contribution in [3.63, 3.8) is 0 Å². The molecule has 1 aliphatic heterocycles. The van der Waals surface area contributed by atoms with Gasteiger partial charge in [-0.15, -0.1) is 0 Å². The zero-order valence-corrected chi connectivity index (χ0v) is 9.92. The van der Waals surface area contributed by atoms with E-state index in [-0.39, 0.29) is 8.41 Å². The zero-order chi connectivity index (χ0) is 11.5. The molecule has 0 unspecified atom stereocenters. The van der Waals surface area contributed by atoms with Crippen LogP contribution in [-0.4, -0.2) is 15.0 Å². The third-order valence-corrected chi connectivity index (χ3v) is 3.52. The molecule has 92 valence electrons. The number of benzene rings is 2. The Bertz CT molecular complexity index is 423. The molecule has 0 aromatic heterocycles. The molecule has 3 rings (SSSR count). The summed E-state index contributed by atoms with van der Waals surface area (Å²) in [5, 5.41) is 0. The standard InChI is InChI=1S/C16H17N.BH3/c1-3-8-14(9-4-1)16-12-7-13-17(16)15-10-5-2-6-11-15;/h1-6,8-11,16H,7,12-13H2;1H3/t16-;/m1./s1. The second kappa shape index (κ2) is 5.77. The average Bonchev–Trinajstić information content (AvgIpc) is 2.90. The van der Waals surface area contributed by atoms with Gasteiger partial charge in [-0.1, -0.05) is 48.5 Å². The molecule has 2 aromatic carbocycles. The molecule has 0 N–H and O–H groups in total. The minimum atomic E-state index is 0. The van der Waals surface area contributed by atoms with E-state index in [1.807, 2.05) is 0 Å². The summed E-state index contributed by atoms with van der Waals surface area (Å²) < 4.78 is 0. The Balaban J connectivity index is 0.00000120. The molecule has 0 amide bonds. The number of rotatable bonds is 2. The molecule has 0 aliphatic carbocycles. The summed E-state index contributed by atoms with van der Waals surface area (Å²) in [4.78, 5) is 2.52. The van der Waals surface area contributed by atoms with E-state index in [2.05, 4.69) is 65.6 Å². The summed E-state index contributed by atoms with van der Waals surface area (Å²) in [6, 6.07) is 22.1. The van der Waals surface area contributed by atoms with E-state index >= 15 is 0 Å². The molecule has 1 fully saturated rings. The molecule has 0 saturated carbocycles. The summed E-state index contributed by atoms with van der Waals surface area (Å²) in [6.07, 6.45) is 2.55. The first-order valence-electron chi connectivity index (χ1n) is 6.32. The second-order valence-electron chi connectivity index (χ2n) is 4.60. The van der Waals surface area contributed by atoms with E-state index < -0.39 is 0 Å². The van der Waals surface area contributed by atoms with Gasteiger partial charge in [0.25, 0.3) is 0 Å². The maximum absolute atomic E-state index is 2.52. The topological polar surface area (TPSA) is 3.24 Å². The molecular formula is C16H20BN. The number of para-hydroxylation sites is 1. The Morgan fingerprint density at radius 2 is 1.44 bits per heavy atom. The van der Waals surface area contributed by atoms with Crippen molar-refractivity contribution in [2.24, 2.45) is 0 Å². The highest BCUT2D eigenvalue weighted by Crippen LogP contribution is 2.35. The third kappa shape index (κ3) is 2.43. The molecule has 18 heavy (non-hydrogen) atoms. The van der Waals surface area contributed by atoms with E-state index in [1.165, 1.54) is 30.6 Å². The molecule has 1 atom stereocenters. The van der Waals surface area contributed by atoms with Crippen LogP contribution in [-0.2, 0) is 0 Å². The predicted molar refractivity (Wildman–Crippen MR) is 82.1 cm³/mol. The lowest BCUT2D eigenvalue weighted by molar-refractivity contribution is 0.719. The normalized spacial score (nSPS) is 18.4. The van der Waals surface area contributed by atoms with Crippen molar-refractivity contribution in [1.82, 2.24) is 0 Å². The van der Waals surface area contributed by atoms with E-state index in [4.69, 9.17) is 0 Å². The van der Waals surface area contributed by atoms with Crippen LogP contribution in [0.5, 0.6) is 0 Å². The van der Waals surface area contributed by atoms with Gasteiger partial charge in [-0.3, -0.25) is 0 Å². The van der Waals surface area contributed by atoms with Gasteiger partial charge in [0.05, 0.1) is 14.5 Å². The van der Waals surface area contributed by atoms with Crippen molar-refractivity contribution < 1.29 is 0 Å². The van der Waals surface area contributed by atoms with Crippen molar-refractivity contribution in [3.8, 4) is 0 Å². The molecule has 1 saturated heterocycles. The van der Waals surface area contributed by atoms with E-state index in [0.717, 1.165) is 0 Å². The fourth-order valence-corrected chi connectivity index (χ4v) is 2.72. The van der Waals surface area contributed by atoms with Gasteiger partial charge in [0.2, 0.25) is 0 Å². The van der Waals surface area contributed by atoms with Crippen molar-refractivity contribution in [3.05, 3.63) is 66.2 Å². The second-order valence-corrected chi connectivity index (χ2v) is 4.60. The summed E-state index contributed by atoms with van der Waals surface area (Å²) in [5.74, 6) is 0. The molecule has 2 aromatic rings. The summed E-state index contributed by atoms with van der Waals surface area (Å²) >= 11 is 0. The minimum absolute atomic E-state index is 0. The van der Waals surface area contributed by atoms with E-state index in [0.29, 0.717) is 6.04 Å². The third-order valence-electron chi connectivity index (χ3n) is 3.52. The van der Waals surface area contributed by atoms with Gasteiger partial charge in [0, 0.05) is 12.2 Å².